The molecular weight excluding hydrogens is 516 g/mol. The van der Waals surface area contributed by atoms with E-state index in [2.05, 4.69) is 60.2 Å². The molecule has 0 aliphatic carbocycles. The molecule has 0 unspecified atom stereocenters. The Morgan fingerprint density at radius 2 is 1.59 bits per heavy atom. The summed E-state index contributed by atoms with van der Waals surface area (Å²) in [5.41, 5.74) is 8.69. The van der Waals surface area contributed by atoms with Crippen LogP contribution in [0.4, 0.5) is 28.8 Å². The second kappa shape index (κ2) is 15.7. The lowest BCUT2D eigenvalue weighted by Gasteiger charge is -2.28. The fraction of sp³-hybridized carbons (Fsp3) is 0.406. The molecule has 0 saturated heterocycles. The zero-order valence-corrected chi connectivity index (χ0v) is 25.5. The number of carbonyl (C=O) groups excluding carboxylic acids is 1. The molecule has 9 nitrogen and oxygen atoms in total. The first kappa shape index (κ1) is 33.3. The SMILES string of the molecule is C=CC(=O)Nc1cccc(Nc2nc(Nc3cccc(OCC(C)(C)COCC(C)(C)CN)c3)ncc2C)c1.CC. The molecule has 1 heterocycles. The fourth-order valence-corrected chi connectivity index (χ4v) is 3.41. The summed E-state index contributed by atoms with van der Waals surface area (Å²) in [6, 6.07) is 15.0. The first-order valence-electron chi connectivity index (χ1n) is 13.9. The summed E-state index contributed by atoms with van der Waals surface area (Å²) in [6.07, 6.45) is 2.98. The number of aryl methyl sites for hydroxylation is 1. The minimum atomic E-state index is -0.272. The zero-order valence-electron chi connectivity index (χ0n) is 25.5. The van der Waals surface area contributed by atoms with E-state index in [1.165, 1.54) is 6.08 Å². The van der Waals surface area contributed by atoms with E-state index in [0.29, 0.717) is 43.8 Å². The molecule has 0 aliphatic rings. The number of amides is 1. The van der Waals surface area contributed by atoms with Crippen LogP contribution in [0, 0.1) is 17.8 Å². The molecule has 0 atom stereocenters. The van der Waals surface area contributed by atoms with Gasteiger partial charge in [0.05, 0.1) is 19.8 Å². The van der Waals surface area contributed by atoms with Gasteiger partial charge in [0, 0.05) is 45.7 Å². The molecule has 1 amide bonds. The third-order valence-corrected chi connectivity index (χ3v) is 5.81. The lowest BCUT2D eigenvalue weighted by atomic mass is 9.94. The van der Waals surface area contributed by atoms with Gasteiger partial charge in [-0.3, -0.25) is 4.79 Å². The molecule has 3 rings (SSSR count). The molecular formula is C32H46N6O3. The summed E-state index contributed by atoms with van der Waals surface area (Å²) < 4.78 is 12.0. The van der Waals surface area contributed by atoms with Crippen LogP contribution >= 0.6 is 0 Å². The molecule has 0 bridgehead atoms. The number of benzene rings is 2. The molecule has 0 fully saturated rings. The lowest BCUT2D eigenvalue weighted by molar-refractivity contribution is -0.111. The molecule has 0 radical (unpaired) electrons. The standard InChI is InChI=1S/C30H40N6O3.C2H6/c1-7-26(37)33-22-10-8-11-23(14-22)34-27-21(2)16-32-28(36-27)35-24-12-9-13-25(15-24)39-20-30(5,6)19-38-18-29(3,4)17-31;1-2/h7-16H,1,17-20,31H2,2-6H3,(H,33,37)(H2,32,34,35,36);1-2H3. The Labute approximate surface area is 245 Å². The number of anilines is 5. The van der Waals surface area contributed by atoms with Crippen molar-refractivity contribution in [3.8, 4) is 5.75 Å². The molecule has 222 valence electrons. The third-order valence-electron chi connectivity index (χ3n) is 5.81. The van der Waals surface area contributed by atoms with E-state index < -0.39 is 0 Å². The third kappa shape index (κ3) is 11.6. The van der Waals surface area contributed by atoms with E-state index in [1.807, 2.05) is 63.2 Å². The fourth-order valence-electron chi connectivity index (χ4n) is 3.41. The lowest BCUT2D eigenvalue weighted by Crippen LogP contribution is -2.33. The van der Waals surface area contributed by atoms with Gasteiger partial charge in [-0.25, -0.2) is 4.98 Å². The molecule has 3 aromatic rings. The average Bonchev–Trinajstić information content (AvgIpc) is 2.95. The second-order valence-corrected chi connectivity index (χ2v) is 11.1. The summed E-state index contributed by atoms with van der Waals surface area (Å²) >= 11 is 0. The number of hydrogen-bond donors (Lipinski definition) is 4. The number of nitrogens with zero attached hydrogens (tertiary/aromatic N) is 2. The van der Waals surface area contributed by atoms with E-state index >= 15 is 0 Å². The number of hydrogen-bond acceptors (Lipinski definition) is 8. The van der Waals surface area contributed by atoms with Gasteiger partial charge >= 0.3 is 0 Å². The van der Waals surface area contributed by atoms with Gasteiger partial charge in [-0.1, -0.05) is 60.3 Å². The van der Waals surface area contributed by atoms with Crippen molar-refractivity contribution in [2.24, 2.45) is 16.6 Å². The highest BCUT2D eigenvalue weighted by atomic mass is 16.5. The highest BCUT2D eigenvalue weighted by molar-refractivity contribution is 5.99. The Morgan fingerprint density at radius 1 is 0.951 bits per heavy atom. The summed E-state index contributed by atoms with van der Waals surface area (Å²) in [5, 5.41) is 9.30. The molecule has 5 N–H and O–H groups in total. The van der Waals surface area contributed by atoms with Crippen molar-refractivity contribution in [3.63, 3.8) is 0 Å². The Kier molecular flexibility index (Phi) is 12.8. The number of nitrogens with two attached hydrogens (primary N) is 1. The second-order valence-electron chi connectivity index (χ2n) is 11.1. The molecule has 2 aromatic carbocycles. The van der Waals surface area contributed by atoms with Crippen molar-refractivity contribution in [1.82, 2.24) is 9.97 Å². The van der Waals surface area contributed by atoms with Crippen LogP contribution in [0.2, 0.25) is 0 Å². The van der Waals surface area contributed by atoms with Gasteiger partial charge in [0.15, 0.2) is 0 Å². The molecule has 0 aliphatic heterocycles. The van der Waals surface area contributed by atoms with Crippen molar-refractivity contribution in [1.29, 1.82) is 0 Å². The molecule has 0 spiro atoms. The molecule has 41 heavy (non-hydrogen) atoms. The summed E-state index contributed by atoms with van der Waals surface area (Å²) in [7, 11) is 0. The maximum absolute atomic E-state index is 11.6. The monoisotopic (exact) mass is 562 g/mol. The van der Waals surface area contributed by atoms with Crippen LogP contribution in [0.25, 0.3) is 0 Å². The van der Waals surface area contributed by atoms with Gasteiger partial charge in [0.2, 0.25) is 11.9 Å². The van der Waals surface area contributed by atoms with E-state index in [-0.39, 0.29) is 16.7 Å². The number of carbonyl (C=O) groups is 1. The van der Waals surface area contributed by atoms with E-state index in [1.54, 1.807) is 12.3 Å². The van der Waals surface area contributed by atoms with Crippen molar-refractivity contribution < 1.29 is 14.3 Å². The van der Waals surface area contributed by atoms with E-state index in [0.717, 1.165) is 22.7 Å². The van der Waals surface area contributed by atoms with Crippen molar-refractivity contribution in [2.75, 3.05) is 42.3 Å². The van der Waals surface area contributed by atoms with Crippen LogP contribution in [0.3, 0.4) is 0 Å². The Bertz CT molecular complexity index is 1280. The first-order valence-corrected chi connectivity index (χ1v) is 13.9. The van der Waals surface area contributed by atoms with Crippen molar-refractivity contribution in [2.45, 2.75) is 48.5 Å². The number of ether oxygens (including phenoxy) is 2. The van der Waals surface area contributed by atoms with Gasteiger partial charge in [-0.2, -0.15) is 4.98 Å². The van der Waals surface area contributed by atoms with E-state index in [4.69, 9.17) is 15.2 Å². The largest absolute Gasteiger partial charge is 0.493 e. The topological polar surface area (TPSA) is 123 Å². The van der Waals surface area contributed by atoms with Crippen molar-refractivity contribution in [3.05, 3.63) is 72.9 Å². The van der Waals surface area contributed by atoms with Gasteiger partial charge in [0.1, 0.15) is 11.6 Å². The van der Waals surface area contributed by atoms with Gasteiger partial charge in [-0.05, 0) is 49.9 Å². The summed E-state index contributed by atoms with van der Waals surface area (Å²) in [4.78, 5) is 20.7. The predicted molar refractivity (Wildman–Crippen MR) is 169 cm³/mol. The summed E-state index contributed by atoms with van der Waals surface area (Å²) in [5.74, 6) is 1.55. The van der Waals surface area contributed by atoms with Crippen LogP contribution in [0.15, 0.2) is 67.4 Å². The molecule has 1 aromatic heterocycles. The molecule has 0 saturated carbocycles. The maximum Gasteiger partial charge on any atom is 0.247 e. The van der Waals surface area contributed by atoms with Crippen LogP contribution in [0.5, 0.6) is 5.75 Å². The normalized spacial score (nSPS) is 11.1. The first-order chi connectivity index (χ1) is 19.5. The molecule has 9 heteroatoms. The van der Waals surface area contributed by atoms with Crippen LogP contribution in [-0.4, -0.2) is 42.2 Å². The van der Waals surface area contributed by atoms with Crippen LogP contribution in [-0.2, 0) is 9.53 Å². The quantitative estimate of drug-likeness (QED) is 0.158. The minimum Gasteiger partial charge on any atom is -0.493 e. The Balaban J connectivity index is 0.00000287. The van der Waals surface area contributed by atoms with Gasteiger partial charge < -0.3 is 31.2 Å². The number of nitrogens with one attached hydrogen (secondary N) is 3. The van der Waals surface area contributed by atoms with Crippen molar-refractivity contribution >= 4 is 34.7 Å². The smallest absolute Gasteiger partial charge is 0.247 e. The van der Waals surface area contributed by atoms with E-state index in [9.17, 15) is 4.79 Å². The number of rotatable bonds is 14. The average molecular weight is 563 g/mol. The Morgan fingerprint density at radius 3 is 2.27 bits per heavy atom. The Hall–Kier alpha value is -3.95. The minimum absolute atomic E-state index is 0.0442. The van der Waals surface area contributed by atoms with Gasteiger partial charge in [0.25, 0.3) is 0 Å². The van der Waals surface area contributed by atoms with Gasteiger partial charge in [-0.15, -0.1) is 0 Å². The zero-order chi connectivity index (χ0) is 30.5. The number of aromatic nitrogens is 2. The summed E-state index contributed by atoms with van der Waals surface area (Å²) in [6.45, 7) is 20.1. The maximum atomic E-state index is 11.6. The van der Waals surface area contributed by atoms with Crippen LogP contribution in [0.1, 0.15) is 47.1 Å². The highest BCUT2D eigenvalue weighted by Crippen LogP contribution is 2.26. The van der Waals surface area contributed by atoms with Crippen LogP contribution < -0.4 is 26.4 Å². The predicted octanol–water partition coefficient (Wildman–Crippen LogP) is 6.83. The highest BCUT2D eigenvalue weighted by Gasteiger charge is 2.22.